The first-order valence-corrected chi connectivity index (χ1v) is 15.7. The van der Waals surface area contributed by atoms with E-state index < -0.39 is 52.4 Å². The number of aromatic nitrogens is 4. The van der Waals surface area contributed by atoms with Crippen LogP contribution >= 0.6 is 35.0 Å². The zero-order valence-electron chi connectivity index (χ0n) is 19.4. The van der Waals surface area contributed by atoms with Crippen molar-refractivity contribution < 1.29 is 21.6 Å². The smallest absolute Gasteiger partial charge is 0.265 e. The summed E-state index contributed by atoms with van der Waals surface area (Å²) >= 11 is 13.3. The van der Waals surface area contributed by atoms with Gasteiger partial charge in [-0.15, -0.1) is 0 Å². The third-order valence-electron chi connectivity index (χ3n) is 5.77. The third-order valence-corrected chi connectivity index (χ3v) is 9.42. The number of hydrogen-bond acceptors (Lipinski definition) is 9. The number of anilines is 1. The van der Waals surface area contributed by atoms with Gasteiger partial charge in [-0.2, -0.15) is 5.10 Å². The van der Waals surface area contributed by atoms with E-state index in [0.717, 1.165) is 6.07 Å². The van der Waals surface area contributed by atoms with Crippen molar-refractivity contribution >= 4 is 77.6 Å². The number of rotatable bonds is 6. The second-order valence-corrected chi connectivity index (χ2v) is 13.3. The molecule has 1 atom stereocenters. The van der Waals surface area contributed by atoms with Crippen LogP contribution in [-0.4, -0.2) is 47.8 Å². The maximum absolute atomic E-state index is 13.4. The number of sulfonamides is 2. The molecule has 0 bridgehead atoms. The molecular formula is C21H17Cl2N7O6S3. The number of benzene rings is 2. The Labute approximate surface area is 235 Å². The largest absolute Gasteiger partial charge is 0.325 e. The summed E-state index contributed by atoms with van der Waals surface area (Å²) in [7, 11) is -8.87. The lowest BCUT2D eigenvalue weighted by Gasteiger charge is -2.16. The number of primary sulfonamides is 2. The van der Waals surface area contributed by atoms with Crippen LogP contribution in [-0.2, 0) is 24.8 Å². The lowest BCUT2D eigenvalue weighted by molar-refractivity contribution is -0.116. The quantitative estimate of drug-likeness (QED) is 0.266. The summed E-state index contributed by atoms with van der Waals surface area (Å²) in [6.07, 6.45) is 1.14. The highest BCUT2D eigenvalue weighted by molar-refractivity contribution is 7.99. The first kappa shape index (κ1) is 27.6. The Morgan fingerprint density at radius 3 is 2.49 bits per heavy atom. The first-order valence-electron chi connectivity index (χ1n) is 10.8. The third kappa shape index (κ3) is 5.28. The number of nitrogens with two attached hydrogens (primary N) is 2. The molecule has 13 nitrogen and oxygen atoms in total. The molecular weight excluding hydrogens is 613 g/mol. The maximum atomic E-state index is 13.4. The molecule has 0 spiro atoms. The van der Waals surface area contributed by atoms with E-state index >= 15 is 0 Å². The number of thioether (sulfide) groups is 1. The van der Waals surface area contributed by atoms with Crippen LogP contribution in [0.25, 0.3) is 16.7 Å². The molecule has 39 heavy (non-hydrogen) atoms. The van der Waals surface area contributed by atoms with E-state index in [0.29, 0.717) is 33.3 Å². The van der Waals surface area contributed by atoms with E-state index in [1.807, 2.05) is 0 Å². The van der Waals surface area contributed by atoms with Crippen molar-refractivity contribution in [2.75, 3.05) is 11.1 Å². The van der Waals surface area contributed by atoms with E-state index in [1.165, 1.54) is 27.2 Å². The van der Waals surface area contributed by atoms with Crippen LogP contribution in [0.2, 0.25) is 10.0 Å². The molecule has 0 radical (unpaired) electrons. The normalized spacial score (nSPS) is 15.4. The molecule has 5 N–H and O–H groups in total. The van der Waals surface area contributed by atoms with Crippen molar-refractivity contribution in [3.8, 4) is 5.69 Å². The van der Waals surface area contributed by atoms with Crippen molar-refractivity contribution in [2.24, 2.45) is 10.3 Å². The van der Waals surface area contributed by atoms with Crippen LogP contribution < -0.4 is 21.2 Å². The molecule has 204 valence electrons. The van der Waals surface area contributed by atoms with Crippen LogP contribution in [0.15, 0.2) is 62.3 Å². The molecule has 2 aromatic carbocycles. The van der Waals surface area contributed by atoms with Crippen molar-refractivity contribution in [3.05, 3.63) is 63.0 Å². The average molecular weight is 631 g/mol. The van der Waals surface area contributed by atoms with Crippen LogP contribution in [0, 0.1) is 0 Å². The minimum atomic E-state index is -4.49. The number of carbonyl (C=O) groups excluding carboxylic acids is 1. The predicted octanol–water partition coefficient (Wildman–Crippen LogP) is 1.86. The molecule has 1 unspecified atom stereocenters. The molecule has 1 amide bonds. The van der Waals surface area contributed by atoms with Gasteiger partial charge in [0.1, 0.15) is 15.2 Å². The van der Waals surface area contributed by atoms with Gasteiger partial charge in [-0.1, -0.05) is 41.0 Å². The minimum Gasteiger partial charge on any atom is -0.325 e. The van der Waals surface area contributed by atoms with Crippen LogP contribution in [0.1, 0.15) is 12.5 Å². The van der Waals surface area contributed by atoms with E-state index in [9.17, 15) is 26.4 Å². The second kappa shape index (κ2) is 9.88. The van der Waals surface area contributed by atoms with Gasteiger partial charge in [0.05, 0.1) is 28.6 Å². The summed E-state index contributed by atoms with van der Waals surface area (Å²) in [6, 6.07) is 7.87. The highest BCUT2D eigenvalue weighted by Crippen LogP contribution is 2.35. The summed E-state index contributed by atoms with van der Waals surface area (Å²) in [5.74, 6) is -0.348. The standard InChI is InChI=1S/C21H17Cl2N7O6S3/c22-10-2-1-3-11(4-10)30-19-13(8-26-30)20(32)29-12(9-37-21(29)28-19)5-18(31)27-15-6-14(23)16(38(24,33)34)7-17(15)39(25,35)36/h1-4,6-8,12H,5,9H2,(H,27,31)(H2,24,33,34)(H2,25,35,36). The Balaban J connectivity index is 1.46. The van der Waals surface area contributed by atoms with Crippen LogP contribution in [0.3, 0.4) is 0 Å². The highest BCUT2D eigenvalue weighted by atomic mass is 35.5. The number of halogens is 2. The number of nitrogens with one attached hydrogen (secondary N) is 1. The fraction of sp³-hybridized carbons (Fsp3) is 0.143. The molecule has 0 saturated heterocycles. The number of carbonyl (C=O) groups is 1. The molecule has 3 heterocycles. The van der Waals surface area contributed by atoms with Crippen molar-refractivity contribution in [1.82, 2.24) is 19.3 Å². The summed E-state index contributed by atoms with van der Waals surface area (Å²) in [4.78, 5) is 29.5. The van der Waals surface area contributed by atoms with Crippen LogP contribution in [0.4, 0.5) is 5.69 Å². The Kier molecular flexibility index (Phi) is 6.99. The average Bonchev–Trinajstić information content (AvgIpc) is 3.42. The van der Waals surface area contributed by atoms with Gasteiger partial charge in [-0.3, -0.25) is 14.2 Å². The number of hydrogen-bond donors (Lipinski definition) is 3. The highest BCUT2D eigenvalue weighted by Gasteiger charge is 2.30. The zero-order chi connectivity index (χ0) is 28.3. The van der Waals surface area contributed by atoms with Gasteiger partial charge in [-0.25, -0.2) is 36.8 Å². The summed E-state index contributed by atoms with van der Waals surface area (Å²) in [5.41, 5.74) is 0.200. The SMILES string of the molecule is NS(=O)(=O)c1cc(S(N)(=O)=O)c(NC(=O)CC2CSc3nc4c(cnn4-c4cccc(Cl)c4)c(=O)n32)cc1Cl. The van der Waals surface area contributed by atoms with E-state index in [4.69, 9.17) is 33.5 Å². The lowest BCUT2D eigenvalue weighted by atomic mass is 10.2. The molecule has 1 aliphatic heterocycles. The molecule has 0 saturated carbocycles. The molecule has 2 aromatic heterocycles. The van der Waals surface area contributed by atoms with Crippen LogP contribution in [0.5, 0.6) is 0 Å². The fourth-order valence-corrected chi connectivity index (χ4v) is 7.27. The number of fused-ring (bicyclic) bond motifs is 2. The number of nitrogens with zero attached hydrogens (tertiary/aromatic N) is 4. The number of amides is 1. The van der Waals surface area contributed by atoms with Gasteiger partial charge in [0, 0.05) is 17.2 Å². The molecule has 18 heteroatoms. The summed E-state index contributed by atoms with van der Waals surface area (Å²) < 4.78 is 50.6. The van der Waals surface area contributed by atoms with Crippen molar-refractivity contribution in [2.45, 2.75) is 27.4 Å². The van der Waals surface area contributed by atoms with Gasteiger partial charge < -0.3 is 5.32 Å². The molecule has 0 fully saturated rings. The van der Waals surface area contributed by atoms with Crippen molar-refractivity contribution in [3.63, 3.8) is 0 Å². The first-order chi connectivity index (χ1) is 18.2. The molecule has 1 aliphatic rings. The molecule has 4 aromatic rings. The predicted molar refractivity (Wildman–Crippen MR) is 145 cm³/mol. The summed E-state index contributed by atoms with van der Waals surface area (Å²) in [6.45, 7) is 0. The van der Waals surface area contributed by atoms with Gasteiger partial charge in [0.25, 0.3) is 5.56 Å². The monoisotopic (exact) mass is 629 g/mol. The van der Waals surface area contributed by atoms with E-state index in [1.54, 1.807) is 24.3 Å². The van der Waals surface area contributed by atoms with Gasteiger partial charge in [0.15, 0.2) is 10.8 Å². The van der Waals surface area contributed by atoms with E-state index in [2.05, 4.69) is 15.4 Å². The summed E-state index contributed by atoms with van der Waals surface area (Å²) in [5, 5.41) is 17.6. The maximum Gasteiger partial charge on any atom is 0.265 e. The Hall–Kier alpha value is -2.99. The van der Waals surface area contributed by atoms with Gasteiger partial charge in [-0.05, 0) is 30.3 Å². The fourth-order valence-electron chi connectivity index (χ4n) is 4.08. The lowest BCUT2D eigenvalue weighted by Crippen LogP contribution is -2.28. The zero-order valence-corrected chi connectivity index (χ0v) is 23.4. The Morgan fingerprint density at radius 2 is 1.82 bits per heavy atom. The minimum absolute atomic E-state index is 0.230. The van der Waals surface area contributed by atoms with Crippen molar-refractivity contribution in [1.29, 1.82) is 0 Å². The molecule has 5 rings (SSSR count). The van der Waals surface area contributed by atoms with Gasteiger partial charge in [0.2, 0.25) is 26.0 Å². The molecule has 0 aliphatic carbocycles. The Bertz CT molecular complexity index is 1960. The topological polar surface area (TPSA) is 202 Å². The van der Waals surface area contributed by atoms with E-state index in [-0.39, 0.29) is 17.5 Å². The Morgan fingerprint density at radius 1 is 1.10 bits per heavy atom. The second-order valence-electron chi connectivity index (χ2n) is 8.43. The van der Waals surface area contributed by atoms with Gasteiger partial charge >= 0.3 is 0 Å².